The molecule has 2 nitrogen and oxygen atoms in total. The lowest BCUT2D eigenvalue weighted by atomic mass is 9.78. The van der Waals surface area contributed by atoms with E-state index in [2.05, 4.69) is 24.2 Å². The van der Waals surface area contributed by atoms with Gasteiger partial charge in [-0.05, 0) is 25.7 Å². The zero-order valence-corrected chi connectivity index (χ0v) is 10.1. The molecule has 2 aliphatic rings. The third kappa shape index (κ3) is 1.44. The molecule has 0 N–H and O–H groups in total. The van der Waals surface area contributed by atoms with E-state index < -0.39 is 0 Å². The molecule has 0 radical (unpaired) electrons. The average Bonchev–Trinajstić information content (AvgIpc) is 2.78. The molecule has 1 aromatic rings. The molecule has 2 heterocycles. The van der Waals surface area contributed by atoms with E-state index in [1.54, 1.807) is 11.3 Å². The second-order valence-electron chi connectivity index (χ2n) is 4.93. The van der Waals surface area contributed by atoms with Crippen LogP contribution < -0.4 is 0 Å². The van der Waals surface area contributed by atoms with Crippen molar-refractivity contribution >= 4 is 11.3 Å². The summed E-state index contributed by atoms with van der Waals surface area (Å²) in [5, 5.41) is 3.32. The number of hydrogen-bond donors (Lipinski definition) is 0. The Kier molecular flexibility index (Phi) is 2.15. The molecule has 3 rings (SSSR count). The molecule has 3 heteroatoms. The van der Waals surface area contributed by atoms with E-state index in [0.717, 1.165) is 5.69 Å². The molecule has 15 heavy (non-hydrogen) atoms. The molecule has 0 bridgehead atoms. The van der Waals surface area contributed by atoms with Crippen molar-refractivity contribution in [2.24, 2.45) is 5.92 Å². The van der Waals surface area contributed by atoms with Gasteiger partial charge in [0.25, 0.3) is 0 Å². The van der Waals surface area contributed by atoms with Gasteiger partial charge < -0.3 is 4.74 Å². The number of epoxide rings is 1. The normalized spacial score (nSPS) is 39.6. The summed E-state index contributed by atoms with van der Waals surface area (Å²) in [6, 6.07) is 0. The van der Waals surface area contributed by atoms with Gasteiger partial charge in [-0.25, -0.2) is 4.98 Å². The first-order valence-electron chi connectivity index (χ1n) is 5.82. The van der Waals surface area contributed by atoms with Gasteiger partial charge in [-0.1, -0.05) is 19.8 Å². The van der Waals surface area contributed by atoms with Crippen molar-refractivity contribution in [2.45, 2.75) is 51.2 Å². The van der Waals surface area contributed by atoms with Gasteiger partial charge in [0.15, 0.2) is 0 Å². The lowest BCUT2D eigenvalue weighted by molar-refractivity contribution is 0.170. The molecule has 1 saturated heterocycles. The summed E-state index contributed by atoms with van der Waals surface area (Å²) in [6.07, 6.45) is 5.56. The highest BCUT2D eigenvalue weighted by atomic mass is 32.1. The molecule has 82 valence electrons. The molecule has 0 unspecified atom stereocenters. The SMILES string of the molecule is Cc1csc([C@@H]2O[C@@]23CCCC[C@@H]3C)n1. The maximum absolute atomic E-state index is 6.01. The maximum atomic E-state index is 6.01. The molecule has 1 aliphatic carbocycles. The smallest absolute Gasteiger partial charge is 0.139 e. The molecule has 1 aliphatic heterocycles. The van der Waals surface area contributed by atoms with Gasteiger partial charge in [-0.15, -0.1) is 11.3 Å². The first-order valence-corrected chi connectivity index (χ1v) is 6.70. The van der Waals surface area contributed by atoms with E-state index in [1.165, 1.54) is 30.7 Å². The zero-order chi connectivity index (χ0) is 10.5. The third-order valence-electron chi connectivity index (χ3n) is 3.87. The van der Waals surface area contributed by atoms with Gasteiger partial charge in [-0.3, -0.25) is 0 Å². The first-order chi connectivity index (χ1) is 7.22. The highest BCUT2D eigenvalue weighted by Crippen LogP contribution is 2.60. The van der Waals surface area contributed by atoms with E-state index in [1.807, 2.05) is 0 Å². The van der Waals surface area contributed by atoms with Gasteiger partial charge in [-0.2, -0.15) is 0 Å². The summed E-state index contributed by atoms with van der Waals surface area (Å²) < 4.78 is 6.01. The Balaban J connectivity index is 1.82. The molecule has 1 spiro atoms. The summed E-state index contributed by atoms with van der Waals surface area (Å²) in [7, 11) is 0. The molecular formula is C12H17NOS. The van der Waals surface area contributed by atoms with Crippen molar-refractivity contribution in [2.75, 3.05) is 0 Å². The fourth-order valence-corrected chi connectivity index (χ4v) is 3.76. The number of thiazole rings is 1. The van der Waals surface area contributed by atoms with Crippen LogP contribution in [0.5, 0.6) is 0 Å². The van der Waals surface area contributed by atoms with Crippen molar-refractivity contribution in [1.82, 2.24) is 4.98 Å². The Labute approximate surface area is 94.7 Å². The number of ether oxygens (including phenoxy) is 1. The van der Waals surface area contributed by atoms with Crippen LogP contribution in [-0.2, 0) is 4.74 Å². The standard InChI is InChI=1S/C12H17NOS/c1-8-5-3-4-6-12(8)10(14-12)11-13-9(2)7-15-11/h7-8,10H,3-6H2,1-2H3/t8-,10-,12+/m0/s1. The van der Waals surface area contributed by atoms with Crippen LogP contribution in [0.2, 0.25) is 0 Å². The minimum atomic E-state index is 0.169. The van der Waals surface area contributed by atoms with Crippen molar-refractivity contribution in [3.63, 3.8) is 0 Å². The van der Waals surface area contributed by atoms with Crippen molar-refractivity contribution in [3.8, 4) is 0 Å². The Hall–Kier alpha value is -0.410. The van der Waals surface area contributed by atoms with Crippen molar-refractivity contribution in [3.05, 3.63) is 16.1 Å². The van der Waals surface area contributed by atoms with Crippen LogP contribution in [0.25, 0.3) is 0 Å². The number of aryl methyl sites for hydroxylation is 1. The third-order valence-corrected chi connectivity index (χ3v) is 4.88. The number of aromatic nitrogens is 1. The van der Waals surface area contributed by atoms with Gasteiger partial charge in [0.2, 0.25) is 0 Å². The Morgan fingerprint density at radius 2 is 2.40 bits per heavy atom. The summed E-state index contributed by atoms with van der Waals surface area (Å²) in [5.41, 5.74) is 1.30. The molecule has 2 fully saturated rings. The van der Waals surface area contributed by atoms with E-state index in [9.17, 15) is 0 Å². The Bertz CT molecular complexity index is 375. The largest absolute Gasteiger partial charge is 0.358 e. The monoisotopic (exact) mass is 223 g/mol. The van der Waals surface area contributed by atoms with Crippen LogP contribution in [0.15, 0.2) is 5.38 Å². The second-order valence-corrected chi connectivity index (χ2v) is 5.82. The minimum Gasteiger partial charge on any atom is -0.358 e. The molecule has 3 atom stereocenters. The quantitative estimate of drug-likeness (QED) is 0.681. The lowest BCUT2D eigenvalue weighted by Crippen LogP contribution is -2.26. The van der Waals surface area contributed by atoms with Crippen LogP contribution in [-0.4, -0.2) is 10.6 Å². The molecule has 1 aromatic heterocycles. The van der Waals surface area contributed by atoms with Crippen molar-refractivity contribution < 1.29 is 4.74 Å². The summed E-state index contributed by atoms with van der Waals surface area (Å²) in [5.74, 6) is 0.709. The molecular weight excluding hydrogens is 206 g/mol. The van der Waals surface area contributed by atoms with E-state index in [0.29, 0.717) is 12.0 Å². The van der Waals surface area contributed by atoms with Gasteiger partial charge in [0.05, 0.1) is 0 Å². The Morgan fingerprint density at radius 1 is 1.53 bits per heavy atom. The van der Waals surface area contributed by atoms with E-state index in [-0.39, 0.29) is 5.60 Å². The van der Waals surface area contributed by atoms with Gasteiger partial charge in [0, 0.05) is 11.1 Å². The highest BCUT2D eigenvalue weighted by molar-refractivity contribution is 7.09. The fraction of sp³-hybridized carbons (Fsp3) is 0.750. The summed E-state index contributed by atoms with van der Waals surface area (Å²) >= 11 is 1.75. The van der Waals surface area contributed by atoms with E-state index in [4.69, 9.17) is 4.74 Å². The lowest BCUT2D eigenvalue weighted by Gasteiger charge is -2.25. The van der Waals surface area contributed by atoms with Crippen LogP contribution in [0.4, 0.5) is 0 Å². The predicted molar refractivity (Wildman–Crippen MR) is 61.0 cm³/mol. The van der Waals surface area contributed by atoms with Crippen LogP contribution >= 0.6 is 11.3 Å². The summed E-state index contributed by atoms with van der Waals surface area (Å²) in [6.45, 7) is 4.39. The topological polar surface area (TPSA) is 25.4 Å². The van der Waals surface area contributed by atoms with Crippen LogP contribution in [0, 0.1) is 12.8 Å². The molecule has 0 aromatic carbocycles. The molecule has 1 saturated carbocycles. The summed E-state index contributed by atoms with van der Waals surface area (Å²) in [4.78, 5) is 4.55. The van der Waals surface area contributed by atoms with Gasteiger partial charge >= 0.3 is 0 Å². The maximum Gasteiger partial charge on any atom is 0.139 e. The molecule has 0 amide bonds. The van der Waals surface area contributed by atoms with Crippen LogP contribution in [0.1, 0.15) is 49.4 Å². The average molecular weight is 223 g/mol. The first kappa shape index (κ1) is 9.79. The van der Waals surface area contributed by atoms with E-state index >= 15 is 0 Å². The Morgan fingerprint density at radius 3 is 3.07 bits per heavy atom. The zero-order valence-electron chi connectivity index (χ0n) is 9.32. The highest BCUT2D eigenvalue weighted by Gasteiger charge is 2.61. The van der Waals surface area contributed by atoms with Crippen LogP contribution in [0.3, 0.4) is 0 Å². The second kappa shape index (κ2) is 3.29. The van der Waals surface area contributed by atoms with Gasteiger partial charge in [0.1, 0.15) is 16.7 Å². The number of hydrogen-bond acceptors (Lipinski definition) is 3. The number of rotatable bonds is 1. The van der Waals surface area contributed by atoms with Crippen molar-refractivity contribution in [1.29, 1.82) is 0 Å². The fourth-order valence-electron chi connectivity index (χ4n) is 2.84. The minimum absolute atomic E-state index is 0.169. The predicted octanol–water partition coefficient (Wildman–Crippen LogP) is 3.47. The number of nitrogens with zero attached hydrogens (tertiary/aromatic N) is 1.